The van der Waals surface area contributed by atoms with E-state index >= 15 is 0 Å². The molecule has 2 N–H and O–H groups in total. The van der Waals surface area contributed by atoms with Crippen molar-refractivity contribution in [1.29, 1.82) is 0 Å². The van der Waals surface area contributed by atoms with E-state index in [1.807, 2.05) is 13.8 Å². The van der Waals surface area contributed by atoms with Gasteiger partial charge in [0.15, 0.2) is 0 Å². The molecular formula is C9H20F2N2O. The number of ether oxygens (including phenoxy) is 1. The minimum absolute atomic E-state index is 0.333. The zero-order valence-corrected chi connectivity index (χ0v) is 9.04. The lowest BCUT2D eigenvalue weighted by atomic mass is 10.2. The van der Waals surface area contributed by atoms with Crippen LogP contribution in [0.2, 0.25) is 0 Å². The van der Waals surface area contributed by atoms with Crippen molar-refractivity contribution in [3.8, 4) is 0 Å². The third-order valence-electron chi connectivity index (χ3n) is 2.18. The molecule has 0 bridgehead atoms. The Bertz CT molecular complexity index is 147. The summed E-state index contributed by atoms with van der Waals surface area (Å²) in [6.07, 6.45) is -2.41. The van der Waals surface area contributed by atoms with E-state index in [1.165, 1.54) is 4.90 Å². The van der Waals surface area contributed by atoms with Crippen molar-refractivity contribution >= 4 is 0 Å². The third-order valence-corrected chi connectivity index (χ3v) is 2.18. The Morgan fingerprint density at radius 1 is 1.43 bits per heavy atom. The van der Waals surface area contributed by atoms with Gasteiger partial charge < -0.3 is 10.5 Å². The average molecular weight is 210 g/mol. The number of halogens is 2. The van der Waals surface area contributed by atoms with Crippen molar-refractivity contribution in [3.63, 3.8) is 0 Å². The number of alkyl halides is 2. The number of nitrogens with two attached hydrogens (primary N) is 1. The van der Waals surface area contributed by atoms with Crippen molar-refractivity contribution in [3.05, 3.63) is 0 Å². The number of nitrogens with zero attached hydrogens (tertiary/aromatic N) is 1. The molecular weight excluding hydrogens is 190 g/mol. The molecule has 0 aromatic heterocycles. The van der Waals surface area contributed by atoms with Gasteiger partial charge >= 0.3 is 0 Å². The van der Waals surface area contributed by atoms with Gasteiger partial charge in [-0.1, -0.05) is 13.8 Å². The Morgan fingerprint density at radius 2 is 2.00 bits per heavy atom. The monoisotopic (exact) mass is 210 g/mol. The Labute approximate surface area is 84.2 Å². The zero-order valence-electron chi connectivity index (χ0n) is 9.04. The van der Waals surface area contributed by atoms with Crippen LogP contribution in [0.3, 0.4) is 0 Å². The summed E-state index contributed by atoms with van der Waals surface area (Å²) < 4.78 is 29.8. The molecule has 0 aromatic carbocycles. The molecule has 3 nitrogen and oxygen atoms in total. The van der Waals surface area contributed by atoms with Crippen LogP contribution in [-0.4, -0.2) is 43.8 Å². The maximum Gasteiger partial charge on any atom is 0.254 e. The molecule has 1 aliphatic heterocycles. The quantitative estimate of drug-likeness (QED) is 0.708. The van der Waals surface area contributed by atoms with Gasteiger partial charge in [0.1, 0.15) is 0 Å². The maximum absolute atomic E-state index is 12.4. The summed E-state index contributed by atoms with van der Waals surface area (Å²) >= 11 is 0. The first-order valence-electron chi connectivity index (χ1n) is 4.96. The first-order chi connectivity index (χ1) is 6.63. The first-order valence-corrected chi connectivity index (χ1v) is 4.96. The van der Waals surface area contributed by atoms with E-state index in [0.717, 1.165) is 0 Å². The molecule has 1 rings (SSSR count). The van der Waals surface area contributed by atoms with E-state index in [0.29, 0.717) is 19.6 Å². The zero-order chi connectivity index (χ0) is 11.1. The van der Waals surface area contributed by atoms with Crippen LogP contribution in [0.4, 0.5) is 8.78 Å². The minimum Gasteiger partial charge on any atom is -0.378 e. The van der Waals surface area contributed by atoms with Crippen molar-refractivity contribution in [2.45, 2.75) is 38.9 Å². The van der Waals surface area contributed by atoms with Crippen LogP contribution in [0.15, 0.2) is 0 Å². The number of likely N-dealkylation sites (N-methyl/N-ethyl adjacent to an activating group) is 1. The second-order valence-corrected chi connectivity index (χ2v) is 3.00. The molecule has 5 heteroatoms. The lowest BCUT2D eigenvalue weighted by molar-refractivity contribution is 0.0220. The lowest BCUT2D eigenvalue weighted by Crippen LogP contribution is -2.49. The molecule has 0 aliphatic carbocycles. The largest absolute Gasteiger partial charge is 0.378 e. The lowest BCUT2D eigenvalue weighted by Gasteiger charge is -2.28. The van der Waals surface area contributed by atoms with E-state index in [2.05, 4.69) is 0 Å². The predicted octanol–water partition coefficient (Wildman–Crippen LogP) is 1.28. The van der Waals surface area contributed by atoms with Gasteiger partial charge in [-0.05, 0) is 13.5 Å². The predicted molar refractivity (Wildman–Crippen MR) is 52.3 cm³/mol. The van der Waals surface area contributed by atoms with Crippen LogP contribution in [0.1, 0.15) is 20.3 Å². The van der Waals surface area contributed by atoms with Crippen LogP contribution in [0.5, 0.6) is 0 Å². The fourth-order valence-corrected chi connectivity index (χ4v) is 1.28. The second kappa shape index (κ2) is 7.09. The average Bonchev–Trinajstić information content (AvgIpc) is 2.33. The van der Waals surface area contributed by atoms with Gasteiger partial charge in [-0.3, -0.25) is 4.90 Å². The van der Waals surface area contributed by atoms with Gasteiger partial charge in [0, 0.05) is 6.61 Å². The number of hydrogen-bond donors (Lipinski definition) is 1. The summed E-state index contributed by atoms with van der Waals surface area (Å²) in [5, 5.41) is 0. The molecule has 0 saturated carbocycles. The number of rotatable bonds is 1. The highest BCUT2D eigenvalue weighted by atomic mass is 19.3. The fraction of sp³-hybridized carbons (Fsp3) is 1.00. The highest BCUT2D eigenvalue weighted by Gasteiger charge is 2.30. The Morgan fingerprint density at radius 3 is 2.50 bits per heavy atom. The van der Waals surface area contributed by atoms with Gasteiger partial charge in [0.25, 0.3) is 6.43 Å². The van der Waals surface area contributed by atoms with Crippen LogP contribution < -0.4 is 5.73 Å². The first kappa shape index (κ1) is 13.7. The standard InChI is InChI=1S/C7H14F2N2O.C2H6/c1-11-5(7(8)9)2-3-12-4-6(11)10;1-2/h5-7H,2-4,10H2,1H3;1-2H3. The molecule has 0 aromatic rings. The topological polar surface area (TPSA) is 38.5 Å². The molecule has 14 heavy (non-hydrogen) atoms. The highest BCUT2D eigenvalue weighted by Crippen LogP contribution is 2.16. The molecule has 86 valence electrons. The normalized spacial score (nSPS) is 29.4. The third kappa shape index (κ3) is 3.86. The van der Waals surface area contributed by atoms with Gasteiger partial charge in [0.05, 0.1) is 18.8 Å². The van der Waals surface area contributed by atoms with Gasteiger partial charge in [-0.15, -0.1) is 0 Å². The van der Waals surface area contributed by atoms with Gasteiger partial charge in [-0.25, -0.2) is 8.78 Å². The molecule has 0 amide bonds. The summed E-state index contributed by atoms with van der Waals surface area (Å²) in [6, 6.07) is -0.762. The Kier molecular flexibility index (Phi) is 6.96. The molecule has 1 saturated heterocycles. The Hall–Kier alpha value is -0.260. The van der Waals surface area contributed by atoms with E-state index in [1.54, 1.807) is 7.05 Å². The van der Waals surface area contributed by atoms with Crippen LogP contribution in [0, 0.1) is 0 Å². The van der Waals surface area contributed by atoms with Gasteiger partial charge in [-0.2, -0.15) is 0 Å². The SMILES string of the molecule is CC.CN1C(N)COCCC1C(F)F. The maximum atomic E-state index is 12.4. The molecule has 1 fully saturated rings. The van der Waals surface area contributed by atoms with Crippen molar-refractivity contribution in [1.82, 2.24) is 4.90 Å². The minimum atomic E-state index is -2.34. The summed E-state index contributed by atoms with van der Waals surface area (Å²) in [6.45, 7) is 4.70. The number of hydrogen-bond acceptors (Lipinski definition) is 3. The molecule has 0 radical (unpaired) electrons. The fourth-order valence-electron chi connectivity index (χ4n) is 1.28. The summed E-state index contributed by atoms with van der Waals surface area (Å²) in [7, 11) is 1.61. The molecule has 0 spiro atoms. The molecule has 2 unspecified atom stereocenters. The molecule has 1 heterocycles. The molecule has 1 aliphatic rings. The summed E-state index contributed by atoms with van der Waals surface area (Å²) in [4.78, 5) is 1.48. The van der Waals surface area contributed by atoms with E-state index in [4.69, 9.17) is 10.5 Å². The van der Waals surface area contributed by atoms with E-state index < -0.39 is 18.6 Å². The van der Waals surface area contributed by atoms with Crippen molar-refractivity contribution in [2.24, 2.45) is 5.73 Å². The van der Waals surface area contributed by atoms with Crippen molar-refractivity contribution < 1.29 is 13.5 Å². The van der Waals surface area contributed by atoms with Gasteiger partial charge in [0.2, 0.25) is 0 Å². The van der Waals surface area contributed by atoms with Crippen molar-refractivity contribution in [2.75, 3.05) is 20.3 Å². The van der Waals surface area contributed by atoms with Crippen LogP contribution in [0.25, 0.3) is 0 Å². The Balaban J connectivity index is 0.000000791. The summed E-state index contributed by atoms with van der Waals surface area (Å²) in [5.74, 6) is 0. The van der Waals surface area contributed by atoms with Crippen LogP contribution >= 0.6 is 0 Å². The second-order valence-electron chi connectivity index (χ2n) is 3.00. The smallest absolute Gasteiger partial charge is 0.254 e. The van der Waals surface area contributed by atoms with Crippen LogP contribution in [-0.2, 0) is 4.74 Å². The molecule has 2 atom stereocenters. The summed E-state index contributed by atoms with van der Waals surface area (Å²) in [5.41, 5.74) is 5.57. The van der Waals surface area contributed by atoms with E-state index in [9.17, 15) is 8.78 Å². The van der Waals surface area contributed by atoms with E-state index in [-0.39, 0.29) is 0 Å². The highest BCUT2D eigenvalue weighted by molar-refractivity contribution is 4.77.